The van der Waals surface area contributed by atoms with Gasteiger partial charge in [0.15, 0.2) is 5.78 Å². The molecule has 0 fully saturated rings. The van der Waals surface area contributed by atoms with Gasteiger partial charge in [-0.3, -0.25) is 4.79 Å². The molecule has 3 heterocycles. The zero-order valence-electron chi connectivity index (χ0n) is 18.5. The van der Waals surface area contributed by atoms with E-state index in [0.29, 0.717) is 0 Å². The van der Waals surface area contributed by atoms with Gasteiger partial charge in [0.1, 0.15) is 0 Å². The summed E-state index contributed by atoms with van der Waals surface area (Å²) in [5.74, 6) is -0.0625. The number of carbonyl (C=O) groups is 1. The van der Waals surface area contributed by atoms with Crippen molar-refractivity contribution >= 4 is 49.6 Å². The minimum absolute atomic E-state index is 0. The molecule has 6 rings (SSSR count). The Kier molecular flexibility index (Phi) is 6.15. The molecule has 2 aromatic heterocycles. The topological polar surface area (TPSA) is 48.2 Å². The minimum Gasteiger partial charge on any atom is -0.512 e. The number of hydrogen-bond donors (Lipinski definition) is 1. The van der Waals surface area contributed by atoms with Crippen molar-refractivity contribution in [1.29, 1.82) is 0 Å². The number of hydrogen-bond acceptors (Lipinski definition) is 4. The molecule has 33 heavy (non-hydrogen) atoms. The van der Waals surface area contributed by atoms with E-state index in [1.165, 1.54) is 58.0 Å². The number of nitrogens with zero attached hydrogens (tertiary/aromatic N) is 3. The maximum absolute atomic E-state index is 10.0. The number of aromatic nitrogens is 1. The van der Waals surface area contributed by atoms with Crippen molar-refractivity contribution in [3.8, 4) is 0 Å². The summed E-state index contributed by atoms with van der Waals surface area (Å²) in [7, 11) is 2.04. The fraction of sp³-hybridized carbons (Fsp3) is 0.111. The Hall–Kier alpha value is -3.34. The first-order valence-electron chi connectivity index (χ1n) is 10.4. The maximum Gasteiger partial charge on any atom is 0.155 e. The molecular weight excluding hydrogens is 591 g/mol. The Morgan fingerprint density at radius 2 is 1.70 bits per heavy atom. The second-order valence-electron chi connectivity index (χ2n) is 8.02. The molecule has 5 nitrogen and oxygen atoms in total. The summed E-state index contributed by atoms with van der Waals surface area (Å²) in [6.45, 7) is 4.93. The van der Waals surface area contributed by atoms with Crippen LogP contribution in [0.15, 0.2) is 78.8 Å². The first kappa shape index (κ1) is 22.8. The van der Waals surface area contributed by atoms with E-state index in [0.717, 1.165) is 5.69 Å². The number of rotatable bonds is 2. The van der Waals surface area contributed by atoms with Crippen LogP contribution in [0.3, 0.4) is 0 Å². The number of anilines is 1. The van der Waals surface area contributed by atoms with Crippen molar-refractivity contribution in [3.63, 3.8) is 0 Å². The molecule has 0 saturated carbocycles. The van der Waals surface area contributed by atoms with E-state index in [2.05, 4.69) is 87.9 Å². The van der Waals surface area contributed by atoms with Gasteiger partial charge in [0, 0.05) is 42.5 Å². The van der Waals surface area contributed by atoms with Crippen LogP contribution in [0, 0.1) is 12.7 Å². The summed E-state index contributed by atoms with van der Waals surface area (Å²) < 4.78 is 2.40. The molecule has 5 aromatic rings. The first-order valence-corrected chi connectivity index (χ1v) is 10.4. The van der Waals surface area contributed by atoms with Gasteiger partial charge >= 0.3 is 0 Å². The van der Waals surface area contributed by atoms with Gasteiger partial charge < -0.3 is 19.3 Å². The molecule has 0 unspecified atom stereocenters. The van der Waals surface area contributed by atoms with Gasteiger partial charge in [-0.1, -0.05) is 53.0 Å². The SMILES string of the molecule is CC(=O)/C=C(/C)O.CN1C=CN(c2[c-]ccc3c2c2cccc4c5ccccc5n3c42)[CH-]1.[Ir]. The molecule has 0 saturated heterocycles. The first-order chi connectivity index (χ1) is 15.5. The second kappa shape index (κ2) is 8.89. The van der Waals surface area contributed by atoms with Crippen molar-refractivity contribution in [3.05, 3.63) is 91.6 Å². The van der Waals surface area contributed by atoms with Gasteiger partial charge in [-0.05, 0) is 44.7 Å². The maximum atomic E-state index is 10.0. The van der Waals surface area contributed by atoms with Gasteiger partial charge in [0.2, 0.25) is 0 Å². The monoisotopic (exact) mass is 614 g/mol. The molecule has 0 atom stereocenters. The van der Waals surface area contributed by atoms with E-state index < -0.39 is 0 Å². The van der Waals surface area contributed by atoms with E-state index in [1.54, 1.807) is 0 Å². The summed E-state index contributed by atoms with van der Waals surface area (Å²) in [5.41, 5.74) is 4.89. The van der Waals surface area contributed by atoms with Gasteiger partial charge in [0.25, 0.3) is 0 Å². The van der Waals surface area contributed by atoms with Crippen LogP contribution in [0.25, 0.3) is 38.1 Å². The molecular formula is C27H23IrN3O2-2. The minimum atomic E-state index is -0.125. The van der Waals surface area contributed by atoms with Crippen LogP contribution in [0.1, 0.15) is 13.8 Å². The molecule has 0 bridgehead atoms. The number of fused-ring (bicyclic) bond motifs is 6. The van der Waals surface area contributed by atoms with Crippen LogP contribution in [0.4, 0.5) is 5.69 Å². The average molecular weight is 614 g/mol. The van der Waals surface area contributed by atoms with E-state index >= 15 is 0 Å². The van der Waals surface area contributed by atoms with Crippen molar-refractivity contribution in [2.24, 2.45) is 0 Å². The van der Waals surface area contributed by atoms with Crippen molar-refractivity contribution in [1.82, 2.24) is 9.30 Å². The smallest absolute Gasteiger partial charge is 0.155 e. The molecule has 1 aliphatic rings. The molecule has 169 valence electrons. The summed E-state index contributed by atoms with van der Waals surface area (Å²) >= 11 is 0. The zero-order valence-corrected chi connectivity index (χ0v) is 20.9. The van der Waals surface area contributed by atoms with Crippen LogP contribution in [0.2, 0.25) is 0 Å². The van der Waals surface area contributed by atoms with Crippen molar-refractivity contribution in [2.75, 3.05) is 11.9 Å². The molecule has 0 amide bonds. The molecule has 1 radical (unpaired) electrons. The van der Waals surface area contributed by atoms with Gasteiger partial charge in [-0.2, -0.15) is 18.8 Å². The zero-order chi connectivity index (χ0) is 22.4. The van der Waals surface area contributed by atoms with E-state index in [9.17, 15) is 4.79 Å². The molecule has 3 aromatic carbocycles. The number of aliphatic hydroxyl groups is 1. The number of aliphatic hydroxyl groups excluding tert-OH is 1. The van der Waals surface area contributed by atoms with Crippen molar-refractivity contribution < 1.29 is 30.0 Å². The summed E-state index contributed by atoms with van der Waals surface area (Å²) in [6.07, 6.45) is 5.30. The fourth-order valence-electron chi connectivity index (χ4n) is 4.48. The third-order valence-corrected chi connectivity index (χ3v) is 5.60. The number of ketones is 1. The number of allylic oxidation sites excluding steroid dienone is 2. The quantitative estimate of drug-likeness (QED) is 0.151. The summed E-state index contributed by atoms with van der Waals surface area (Å²) in [6, 6.07) is 22.9. The van der Waals surface area contributed by atoms with Crippen LogP contribution in [-0.2, 0) is 24.9 Å². The summed E-state index contributed by atoms with van der Waals surface area (Å²) in [5, 5.41) is 13.5. The predicted molar refractivity (Wildman–Crippen MR) is 131 cm³/mol. The fourth-order valence-corrected chi connectivity index (χ4v) is 4.48. The van der Waals surface area contributed by atoms with Crippen molar-refractivity contribution in [2.45, 2.75) is 13.8 Å². The van der Waals surface area contributed by atoms with E-state index in [4.69, 9.17) is 5.11 Å². The Balaban J connectivity index is 0.000000287. The summed E-state index contributed by atoms with van der Waals surface area (Å²) in [4.78, 5) is 14.2. The molecule has 1 N–H and O–H groups in total. The van der Waals surface area contributed by atoms with E-state index in [1.807, 2.05) is 13.1 Å². The third kappa shape index (κ3) is 3.86. The average Bonchev–Trinajstić information content (AvgIpc) is 3.44. The Labute approximate surface area is 205 Å². The molecule has 1 aliphatic heterocycles. The Morgan fingerprint density at radius 1 is 0.970 bits per heavy atom. The number of carbonyl (C=O) groups excluding carboxylic acids is 1. The Morgan fingerprint density at radius 3 is 2.36 bits per heavy atom. The normalized spacial score (nSPS) is 13.7. The van der Waals surface area contributed by atoms with Crippen LogP contribution >= 0.6 is 0 Å². The van der Waals surface area contributed by atoms with Gasteiger partial charge in [0.05, 0.1) is 11.3 Å². The second-order valence-corrected chi connectivity index (χ2v) is 8.02. The molecule has 0 aliphatic carbocycles. The Bertz CT molecular complexity index is 1530. The van der Waals surface area contributed by atoms with Crippen LogP contribution in [0.5, 0.6) is 0 Å². The van der Waals surface area contributed by atoms with Crippen LogP contribution in [-0.4, -0.2) is 27.2 Å². The third-order valence-electron chi connectivity index (χ3n) is 5.60. The van der Waals surface area contributed by atoms with E-state index in [-0.39, 0.29) is 31.6 Å². The molecule has 0 spiro atoms. The van der Waals surface area contributed by atoms with Crippen LogP contribution < -0.4 is 4.90 Å². The standard InChI is InChI=1S/C22H15N3.C5H8O2.Ir/c1-23-12-13-24(14-23)19-10-5-11-20-21(19)17-8-4-7-16-15-6-2-3-9-18(15)25(20)22(16)17;1-4(6)3-5(2)7;/h2-9,11-14H,1H3;3,6H,1-2H3;/q-2;;/b;4-3-;. The number of para-hydroxylation sites is 2. The largest absolute Gasteiger partial charge is 0.512 e. The van der Waals surface area contributed by atoms with Gasteiger partial charge in [-0.15, -0.1) is 6.07 Å². The molecule has 6 heteroatoms. The number of benzene rings is 3. The predicted octanol–water partition coefficient (Wildman–Crippen LogP) is 6.01. The van der Waals surface area contributed by atoms with Gasteiger partial charge in [-0.25, -0.2) is 0 Å².